The molecule has 0 aliphatic rings. The summed E-state index contributed by atoms with van der Waals surface area (Å²) in [5.74, 6) is -2.11. The van der Waals surface area contributed by atoms with Crippen LogP contribution < -0.4 is 10.9 Å². The third-order valence-corrected chi connectivity index (χ3v) is 3.15. The smallest absolute Gasteiger partial charge is 0.267 e. The summed E-state index contributed by atoms with van der Waals surface area (Å²) in [7, 11) is 0. The van der Waals surface area contributed by atoms with Crippen molar-refractivity contribution in [2.75, 3.05) is 0 Å². The summed E-state index contributed by atoms with van der Waals surface area (Å²) in [6.45, 7) is 0. The van der Waals surface area contributed by atoms with Gasteiger partial charge in [-0.05, 0) is 24.3 Å². The topological polar surface area (TPSA) is 88.9 Å². The van der Waals surface area contributed by atoms with Crippen LogP contribution in [0.2, 0.25) is 0 Å². The number of nitrogens with zero attached hydrogens (tertiary/aromatic N) is 3. The minimum Gasteiger partial charge on any atom is -0.267 e. The van der Waals surface area contributed by atoms with Crippen molar-refractivity contribution in [1.29, 1.82) is 0 Å². The second-order valence-corrected chi connectivity index (χ2v) is 4.77. The maximum atomic E-state index is 13.5. The number of nitrogens with one attached hydrogen (secondary N) is 2. The van der Waals surface area contributed by atoms with Crippen LogP contribution in [0.15, 0.2) is 60.8 Å². The first kappa shape index (κ1) is 15.3. The first-order chi connectivity index (χ1) is 11.6. The molecule has 0 bridgehead atoms. The van der Waals surface area contributed by atoms with Gasteiger partial charge < -0.3 is 0 Å². The Morgan fingerprint density at radius 1 is 0.917 bits per heavy atom. The number of hydrazine groups is 1. The van der Waals surface area contributed by atoms with Gasteiger partial charge in [-0.25, -0.2) is 9.07 Å². The largest absolute Gasteiger partial charge is 0.291 e. The summed E-state index contributed by atoms with van der Waals surface area (Å²) in [5, 5.41) is 7.58. The maximum absolute atomic E-state index is 13.5. The number of carbonyl (C=O) groups is 2. The molecule has 0 saturated carbocycles. The molecule has 1 heterocycles. The molecule has 7 nitrogen and oxygen atoms in total. The maximum Gasteiger partial charge on any atom is 0.291 e. The lowest BCUT2D eigenvalue weighted by Crippen LogP contribution is -2.42. The van der Waals surface area contributed by atoms with E-state index in [4.69, 9.17) is 0 Å². The fourth-order valence-corrected chi connectivity index (χ4v) is 1.97. The Morgan fingerprint density at radius 2 is 1.58 bits per heavy atom. The van der Waals surface area contributed by atoms with Gasteiger partial charge in [-0.3, -0.25) is 20.4 Å². The lowest BCUT2D eigenvalue weighted by Gasteiger charge is -2.06. The van der Waals surface area contributed by atoms with Crippen molar-refractivity contribution in [3.8, 4) is 5.69 Å². The lowest BCUT2D eigenvalue weighted by molar-refractivity contribution is 0.0841. The molecule has 3 rings (SSSR count). The van der Waals surface area contributed by atoms with Gasteiger partial charge in [0, 0.05) is 0 Å². The zero-order valence-electron chi connectivity index (χ0n) is 12.3. The minimum absolute atomic E-state index is 0.00712. The molecule has 8 heteroatoms. The SMILES string of the molecule is O=C(NNC(=O)c1ccccc1F)c1cn(-c2ccccc2)nn1. The van der Waals surface area contributed by atoms with Gasteiger partial charge in [0.1, 0.15) is 5.82 Å². The highest BCUT2D eigenvalue weighted by Gasteiger charge is 2.15. The quantitative estimate of drug-likeness (QED) is 0.714. The molecule has 2 N–H and O–H groups in total. The van der Waals surface area contributed by atoms with E-state index in [-0.39, 0.29) is 11.3 Å². The van der Waals surface area contributed by atoms with Crippen LogP contribution in [0, 0.1) is 5.82 Å². The predicted octanol–water partition coefficient (Wildman–Crippen LogP) is 1.48. The van der Waals surface area contributed by atoms with Gasteiger partial charge in [-0.2, -0.15) is 0 Å². The molecule has 0 aliphatic carbocycles. The molecule has 0 spiro atoms. The Labute approximate surface area is 136 Å². The Kier molecular flexibility index (Phi) is 4.28. The van der Waals surface area contributed by atoms with Crippen molar-refractivity contribution < 1.29 is 14.0 Å². The van der Waals surface area contributed by atoms with E-state index in [1.807, 2.05) is 18.2 Å². The summed E-state index contributed by atoms with van der Waals surface area (Å²) in [5.41, 5.74) is 4.87. The normalized spacial score (nSPS) is 10.2. The van der Waals surface area contributed by atoms with Crippen molar-refractivity contribution in [1.82, 2.24) is 25.8 Å². The van der Waals surface area contributed by atoms with E-state index >= 15 is 0 Å². The first-order valence-electron chi connectivity index (χ1n) is 6.98. The van der Waals surface area contributed by atoms with Crippen molar-refractivity contribution >= 4 is 11.8 Å². The lowest BCUT2D eigenvalue weighted by atomic mass is 10.2. The van der Waals surface area contributed by atoms with E-state index in [2.05, 4.69) is 21.2 Å². The molecular formula is C16H12FN5O2. The molecule has 0 aliphatic heterocycles. The Morgan fingerprint density at radius 3 is 2.33 bits per heavy atom. The predicted molar refractivity (Wildman–Crippen MR) is 82.7 cm³/mol. The highest BCUT2D eigenvalue weighted by atomic mass is 19.1. The second kappa shape index (κ2) is 6.69. The molecule has 1 aromatic heterocycles. The van der Waals surface area contributed by atoms with Crippen LogP contribution in [0.4, 0.5) is 4.39 Å². The van der Waals surface area contributed by atoms with Crippen LogP contribution in [0.1, 0.15) is 20.8 Å². The van der Waals surface area contributed by atoms with Crippen LogP contribution >= 0.6 is 0 Å². The van der Waals surface area contributed by atoms with E-state index in [9.17, 15) is 14.0 Å². The number of rotatable bonds is 3. The molecule has 120 valence electrons. The fraction of sp³-hybridized carbons (Fsp3) is 0. The number of halogens is 1. The molecule has 24 heavy (non-hydrogen) atoms. The minimum atomic E-state index is -0.767. The van der Waals surface area contributed by atoms with Gasteiger partial charge in [0.2, 0.25) is 0 Å². The molecular weight excluding hydrogens is 313 g/mol. The number of benzene rings is 2. The molecule has 0 saturated heterocycles. The molecule has 2 amide bonds. The molecule has 0 radical (unpaired) electrons. The molecule has 0 fully saturated rings. The van der Waals surface area contributed by atoms with E-state index in [0.29, 0.717) is 0 Å². The summed E-state index contributed by atoms with van der Waals surface area (Å²) in [6, 6.07) is 14.6. The van der Waals surface area contributed by atoms with Gasteiger partial charge in [-0.15, -0.1) is 5.10 Å². The number of amides is 2. The Bertz CT molecular complexity index is 879. The zero-order chi connectivity index (χ0) is 16.9. The van der Waals surface area contributed by atoms with Crippen molar-refractivity contribution in [2.45, 2.75) is 0 Å². The van der Waals surface area contributed by atoms with E-state index in [1.165, 1.54) is 29.1 Å². The number of aromatic nitrogens is 3. The van der Waals surface area contributed by atoms with E-state index in [1.54, 1.807) is 12.1 Å². The van der Waals surface area contributed by atoms with Crippen molar-refractivity contribution in [3.05, 3.63) is 77.9 Å². The van der Waals surface area contributed by atoms with Crippen molar-refractivity contribution in [2.24, 2.45) is 0 Å². The summed E-state index contributed by atoms with van der Waals surface area (Å²) < 4.78 is 14.9. The second-order valence-electron chi connectivity index (χ2n) is 4.77. The Balaban J connectivity index is 1.65. The summed E-state index contributed by atoms with van der Waals surface area (Å²) in [4.78, 5) is 23.8. The van der Waals surface area contributed by atoms with Gasteiger partial charge >= 0.3 is 0 Å². The van der Waals surface area contributed by atoms with Gasteiger partial charge in [-0.1, -0.05) is 35.5 Å². The van der Waals surface area contributed by atoms with Crippen LogP contribution in [-0.2, 0) is 0 Å². The third kappa shape index (κ3) is 3.27. The highest BCUT2D eigenvalue weighted by Crippen LogP contribution is 2.06. The van der Waals surface area contributed by atoms with Crippen LogP contribution in [0.3, 0.4) is 0 Å². The number of para-hydroxylation sites is 1. The van der Waals surface area contributed by atoms with E-state index in [0.717, 1.165) is 11.8 Å². The molecule has 0 unspecified atom stereocenters. The third-order valence-electron chi connectivity index (χ3n) is 3.15. The Hall–Kier alpha value is -3.55. The zero-order valence-corrected chi connectivity index (χ0v) is 12.3. The standard InChI is InChI=1S/C16H12FN5O2/c17-13-9-5-4-8-12(13)15(23)19-20-16(24)14-10-22(21-18-14)11-6-2-1-3-7-11/h1-10H,(H,19,23)(H,20,24). The van der Waals surface area contributed by atoms with Crippen LogP contribution in [0.5, 0.6) is 0 Å². The van der Waals surface area contributed by atoms with Crippen LogP contribution in [0.25, 0.3) is 5.69 Å². The van der Waals surface area contributed by atoms with Gasteiger partial charge in [0.05, 0.1) is 17.4 Å². The first-order valence-corrected chi connectivity index (χ1v) is 6.98. The highest BCUT2D eigenvalue weighted by molar-refractivity contribution is 5.98. The molecule has 0 atom stereocenters. The van der Waals surface area contributed by atoms with Gasteiger partial charge in [0.15, 0.2) is 5.69 Å². The summed E-state index contributed by atoms with van der Waals surface area (Å²) in [6.07, 6.45) is 1.42. The van der Waals surface area contributed by atoms with Crippen LogP contribution in [-0.4, -0.2) is 26.8 Å². The number of carbonyl (C=O) groups excluding carboxylic acids is 2. The molecule has 3 aromatic rings. The number of hydrogen-bond acceptors (Lipinski definition) is 4. The van der Waals surface area contributed by atoms with Gasteiger partial charge in [0.25, 0.3) is 11.8 Å². The fourth-order valence-electron chi connectivity index (χ4n) is 1.97. The average Bonchev–Trinajstić information content (AvgIpc) is 3.11. The average molecular weight is 325 g/mol. The van der Waals surface area contributed by atoms with E-state index < -0.39 is 17.6 Å². The number of hydrogen-bond donors (Lipinski definition) is 2. The van der Waals surface area contributed by atoms with Crippen molar-refractivity contribution in [3.63, 3.8) is 0 Å². The molecule has 2 aromatic carbocycles. The monoisotopic (exact) mass is 325 g/mol. The summed E-state index contributed by atoms with van der Waals surface area (Å²) >= 11 is 0.